The zero-order valence-electron chi connectivity index (χ0n) is 14.4. The fourth-order valence-electron chi connectivity index (χ4n) is 3.52. The molecule has 1 fully saturated rings. The van der Waals surface area contributed by atoms with E-state index < -0.39 is 0 Å². The maximum absolute atomic E-state index is 12.7. The van der Waals surface area contributed by atoms with Crippen LogP contribution in [0.2, 0.25) is 0 Å². The van der Waals surface area contributed by atoms with Gasteiger partial charge in [-0.15, -0.1) is 0 Å². The van der Waals surface area contributed by atoms with Crippen molar-refractivity contribution in [3.63, 3.8) is 0 Å². The average Bonchev–Trinajstić information content (AvgIpc) is 2.62. The number of hydrogen-bond acceptors (Lipinski definition) is 2. The molecule has 0 aromatic heterocycles. The van der Waals surface area contributed by atoms with Gasteiger partial charge in [0.1, 0.15) is 0 Å². The van der Waals surface area contributed by atoms with E-state index >= 15 is 0 Å². The zero-order chi connectivity index (χ0) is 16.9. The van der Waals surface area contributed by atoms with E-state index in [1.165, 1.54) is 5.56 Å². The lowest BCUT2D eigenvalue weighted by Gasteiger charge is -2.32. The number of piperidine rings is 1. The second kappa shape index (κ2) is 7.52. The minimum absolute atomic E-state index is 0.113. The third kappa shape index (κ3) is 3.78. The van der Waals surface area contributed by atoms with Crippen molar-refractivity contribution in [2.45, 2.75) is 32.6 Å². The van der Waals surface area contributed by atoms with Gasteiger partial charge in [-0.2, -0.15) is 0 Å². The third-order valence-electron chi connectivity index (χ3n) is 5.04. The van der Waals surface area contributed by atoms with E-state index in [0.29, 0.717) is 11.5 Å². The van der Waals surface area contributed by atoms with E-state index in [1.54, 1.807) is 0 Å². The number of anilines is 1. The summed E-state index contributed by atoms with van der Waals surface area (Å²) in [6.45, 7) is 3.75. The summed E-state index contributed by atoms with van der Waals surface area (Å²) in [7, 11) is 0. The van der Waals surface area contributed by atoms with Gasteiger partial charge in [0, 0.05) is 24.3 Å². The Kier molecular flexibility index (Phi) is 5.19. The highest BCUT2D eigenvalue weighted by Gasteiger charge is 2.24. The normalized spacial score (nSPS) is 15.5. The number of nitrogens with two attached hydrogens (primary N) is 1. The van der Waals surface area contributed by atoms with Crippen LogP contribution in [0.15, 0.2) is 48.5 Å². The summed E-state index contributed by atoms with van der Waals surface area (Å²) in [6, 6.07) is 16.3. The summed E-state index contributed by atoms with van der Waals surface area (Å²) in [4.78, 5) is 14.7. The predicted molar refractivity (Wildman–Crippen MR) is 99.0 cm³/mol. The Balaban J connectivity index is 1.58. The predicted octanol–water partition coefficient (Wildman–Crippen LogP) is 3.93. The number of nitrogen functional groups attached to an aromatic ring is 1. The number of nitrogens with zero attached hydrogens (tertiary/aromatic N) is 1. The van der Waals surface area contributed by atoms with Crippen LogP contribution in [0, 0.1) is 5.92 Å². The maximum Gasteiger partial charge on any atom is 0.253 e. The number of carbonyl (C=O) groups is 1. The molecule has 2 aromatic rings. The summed E-state index contributed by atoms with van der Waals surface area (Å²) in [6.07, 6.45) is 4.15. The molecule has 126 valence electrons. The van der Waals surface area contributed by atoms with Gasteiger partial charge in [-0.3, -0.25) is 4.79 Å². The molecule has 1 aliphatic rings. The van der Waals surface area contributed by atoms with Gasteiger partial charge in [0.25, 0.3) is 5.91 Å². The molecule has 0 bridgehead atoms. The van der Waals surface area contributed by atoms with E-state index in [4.69, 9.17) is 5.73 Å². The number of rotatable bonds is 4. The largest absolute Gasteiger partial charge is 0.398 e. The smallest absolute Gasteiger partial charge is 0.253 e. The van der Waals surface area contributed by atoms with Gasteiger partial charge in [-0.25, -0.2) is 0 Å². The number of aryl methyl sites for hydroxylation is 1. The lowest BCUT2D eigenvalue weighted by atomic mass is 9.90. The molecule has 0 atom stereocenters. The minimum atomic E-state index is 0.113. The summed E-state index contributed by atoms with van der Waals surface area (Å²) in [5, 5.41) is 0. The fourth-order valence-corrected chi connectivity index (χ4v) is 3.52. The molecule has 1 amide bonds. The highest BCUT2D eigenvalue weighted by atomic mass is 16.2. The lowest BCUT2D eigenvalue weighted by Crippen LogP contribution is -2.39. The van der Waals surface area contributed by atoms with Crippen molar-refractivity contribution in [2.75, 3.05) is 18.8 Å². The van der Waals surface area contributed by atoms with E-state index in [-0.39, 0.29) is 5.91 Å². The van der Waals surface area contributed by atoms with Crippen molar-refractivity contribution in [2.24, 2.45) is 5.92 Å². The standard InChI is InChI=1S/C21H26N2O/c1-2-18-8-9-19(15-20(18)22)21(24)23-12-10-17(11-13-23)14-16-6-4-3-5-7-16/h3-9,15,17H,2,10-14,22H2,1H3. The van der Waals surface area contributed by atoms with Crippen molar-refractivity contribution in [3.8, 4) is 0 Å². The van der Waals surface area contributed by atoms with Gasteiger partial charge < -0.3 is 10.6 Å². The minimum Gasteiger partial charge on any atom is -0.398 e. The summed E-state index contributed by atoms with van der Waals surface area (Å²) < 4.78 is 0. The van der Waals surface area contributed by atoms with Crippen LogP contribution >= 0.6 is 0 Å². The molecule has 0 aliphatic carbocycles. The quantitative estimate of drug-likeness (QED) is 0.867. The summed E-state index contributed by atoms with van der Waals surface area (Å²) in [5.41, 5.74) is 9.97. The van der Waals surface area contributed by atoms with Crippen LogP contribution in [0.5, 0.6) is 0 Å². The number of hydrogen-bond donors (Lipinski definition) is 1. The fraction of sp³-hybridized carbons (Fsp3) is 0.381. The van der Waals surface area contributed by atoms with Gasteiger partial charge in [0.15, 0.2) is 0 Å². The van der Waals surface area contributed by atoms with Crippen LogP contribution in [0.1, 0.15) is 41.3 Å². The van der Waals surface area contributed by atoms with Gasteiger partial charge in [0.05, 0.1) is 0 Å². The molecule has 0 spiro atoms. The van der Waals surface area contributed by atoms with E-state index in [1.807, 2.05) is 23.1 Å². The molecule has 24 heavy (non-hydrogen) atoms. The van der Waals surface area contributed by atoms with Crippen molar-refractivity contribution < 1.29 is 4.79 Å². The Labute approximate surface area is 144 Å². The maximum atomic E-state index is 12.7. The van der Waals surface area contributed by atoms with Crippen LogP contribution in [0.25, 0.3) is 0 Å². The van der Waals surface area contributed by atoms with Gasteiger partial charge >= 0.3 is 0 Å². The Morgan fingerprint density at radius 2 is 1.83 bits per heavy atom. The van der Waals surface area contributed by atoms with Crippen LogP contribution in [0.3, 0.4) is 0 Å². The van der Waals surface area contributed by atoms with Gasteiger partial charge in [0.2, 0.25) is 0 Å². The van der Waals surface area contributed by atoms with Crippen LogP contribution < -0.4 is 5.73 Å². The molecule has 1 heterocycles. The molecular formula is C21H26N2O. The summed E-state index contributed by atoms with van der Waals surface area (Å²) >= 11 is 0. The van der Waals surface area contributed by atoms with Crippen LogP contribution in [-0.2, 0) is 12.8 Å². The van der Waals surface area contributed by atoms with Gasteiger partial charge in [-0.1, -0.05) is 43.3 Å². The zero-order valence-corrected chi connectivity index (χ0v) is 14.4. The van der Waals surface area contributed by atoms with E-state index in [9.17, 15) is 4.79 Å². The Hall–Kier alpha value is -2.29. The van der Waals surface area contributed by atoms with Gasteiger partial charge in [-0.05, 0) is 54.9 Å². The van der Waals surface area contributed by atoms with E-state index in [2.05, 4.69) is 37.3 Å². The topological polar surface area (TPSA) is 46.3 Å². The molecule has 0 unspecified atom stereocenters. The number of benzene rings is 2. The first kappa shape index (κ1) is 16.6. The molecule has 2 N–H and O–H groups in total. The van der Waals surface area contributed by atoms with Crippen LogP contribution in [-0.4, -0.2) is 23.9 Å². The van der Waals surface area contributed by atoms with E-state index in [0.717, 1.165) is 50.0 Å². The second-order valence-corrected chi connectivity index (χ2v) is 6.69. The first-order valence-electron chi connectivity index (χ1n) is 8.89. The number of amides is 1. The SMILES string of the molecule is CCc1ccc(C(=O)N2CCC(Cc3ccccc3)CC2)cc1N. The first-order chi connectivity index (χ1) is 11.7. The average molecular weight is 322 g/mol. The highest BCUT2D eigenvalue weighted by molar-refractivity contribution is 5.95. The molecule has 3 rings (SSSR count). The molecule has 0 saturated carbocycles. The molecule has 1 saturated heterocycles. The summed E-state index contributed by atoms with van der Waals surface area (Å²) in [5.74, 6) is 0.784. The molecule has 0 radical (unpaired) electrons. The molecule has 3 heteroatoms. The lowest BCUT2D eigenvalue weighted by molar-refractivity contribution is 0.0690. The molecular weight excluding hydrogens is 296 g/mol. The number of likely N-dealkylation sites (tertiary alicyclic amines) is 1. The Morgan fingerprint density at radius 3 is 2.46 bits per heavy atom. The van der Waals surface area contributed by atoms with Crippen molar-refractivity contribution in [1.82, 2.24) is 4.90 Å². The first-order valence-corrected chi connectivity index (χ1v) is 8.89. The Bertz CT molecular complexity index is 688. The third-order valence-corrected chi connectivity index (χ3v) is 5.04. The molecule has 3 nitrogen and oxygen atoms in total. The highest BCUT2D eigenvalue weighted by Crippen LogP contribution is 2.24. The number of carbonyl (C=O) groups excluding carboxylic acids is 1. The van der Waals surface area contributed by atoms with Crippen molar-refractivity contribution in [3.05, 3.63) is 65.2 Å². The molecule has 1 aliphatic heterocycles. The van der Waals surface area contributed by atoms with Crippen molar-refractivity contribution in [1.29, 1.82) is 0 Å². The monoisotopic (exact) mass is 322 g/mol. The Morgan fingerprint density at radius 1 is 1.12 bits per heavy atom. The second-order valence-electron chi connectivity index (χ2n) is 6.69. The van der Waals surface area contributed by atoms with Crippen LogP contribution in [0.4, 0.5) is 5.69 Å². The molecule has 2 aromatic carbocycles. The van der Waals surface area contributed by atoms with Crippen molar-refractivity contribution >= 4 is 11.6 Å².